The summed E-state index contributed by atoms with van der Waals surface area (Å²) in [6.07, 6.45) is 7.47. The molecule has 0 aromatic heterocycles. The number of ether oxygens (including phenoxy) is 3. The fraction of sp³-hybridized carbons (Fsp3) is 0.964. The zero-order valence-electron chi connectivity index (χ0n) is 24.4. The molecule has 1 amide bonds. The first-order valence-corrected chi connectivity index (χ1v) is 15.4. The van der Waals surface area contributed by atoms with Crippen LogP contribution in [0, 0.1) is 0 Å². The molecule has 12 N–H and O–H groups in total. The Bertz CT molecular complexity index is 691. The SMILES string of the molecule is CCCCCCCCCCCCCCNC(=O)CO[C@@H]1[C@@H](O)[C@H](N)C[C@H](N)[C@H]1O[C@H]1O[C@H](CN)[C@@H](O)[C@H](O)[C@H]1N. The second-order valence-corrected chi connectivity index (χ2v) is 11.5. The standard InChI is InChI=1S/C28H57N5O7/c1-2-3-4-5-6-7-8-9-10-11-12-13-14-33-21(34)17-38-27-23(35)18(30)15-19(31)26(27)40-28-22(32)25(37)24(36)20(16-29)39-28/h18-20,22-28,35-37H,2-17,29-32H2,1H3,(H,33,34)/t18-,19+,20-,22-,23+,24-,25-,26-,27-,28-/m1/s1. The summed E-state index contributed by atoms with van der Waals surface area (Å²) < 4.78 is 17.4. The third kappa shape index (κ3) is 11.4. The zero-order chi connectivity index (χ0) is 29.5. The second kappa shape index (κ2) is 19.3. The van der Waals surface area contributed by atoms with Crippen LogP contribution in [0.4, 0.5) is 0 Å². The van der Waals surface area contributed by atoms with Gasteiger partial charge in [0.05, 0.1) is 12.1 Å². The average molecular weight is 576 g/mol. The number of nitrogens with two attached hydrogens (primary N) is 4. The number of aliphatic hydroxyl groups excluding tert-OH is 3. The number of carbonyl (C=O) groups is 1. The minimum atomic E-state index is -1.33. The van der Waals surface area contributed by atoms with Gasteiger partial charge in [-0.25, -0.2) is 0 Å². The molecule has 2 rings (SSSR count). The molecule has 236 valence electrons. The molecule has 0 aromatic carbocycles. The number of amides is 1. The van der Waals surface area contributed by atoms with Gasteiger partial charge in [0.1, 0.15) is 37.1 Å². The highest BCUT2D eigenvalue weighted by molar-refractivity contribution is 5.77. The van der Waals surface area contributed by atoms with E-state index in [0.29, 0.717) is 6.54 Å². The Labute approximate surface area is 239 Å². The Morgan fingerprint density at radius 1 is 0.825 bits per heavy atom. The Kier molecular flexibility index (Phi) is 17.0. The van der Waals surface area contributed by atoms with Crippen molar-refractivity contribution in [1.29, 1.82) is 0 Å². The van der Waals surface area contributed by atoms with E-state index in [9.17, 15) is 20.1 Å². The normalized spacial score (nSPS) is 34.6. The maximum atomic E-state index is 12.4. The lowest BCUT2D eigenvalue weighted by Gasteiger charge is -2.46. The number of rotatable bonds is 19. The van der Waals surface area contributed by atoms with Gasteiger partial charge in [0.2, 0.25) is 5.91 Å². The number of hydrogen-bond donors (Lipinski definition) is 8. The number of unbranched alkanes of at least 4 members (excludes halogenated alkanes) is 11. The minimum absolute atomic E-state index is 0.0612. The molecule has 1 aliphatic carbocycles. The summed E-state index contributed by atoms with van der Waals surface area (Å²) in [4.78, 5) is 12.4. The van der Waals surface area contributed by atoms with Gasteiger partial charge in [0.15, 0.2) is 6.29 Å². The lowest BCUT2D eigenvalue weighted by molar-refractivity contribution is -0.290. The van der Waals surface area contributed by atoms with Gasteiger partial charge in [-0.05, 0) is 12.8 Å². The van der Waals surface area contributed by atoms with Crippen LogP contribution >= 0.6 is 0 Å². The third-order valence-corrected chi connectivity index (χ3v) is 8.10. The van der Waals surface area contributed by atoms with E-state index in [4.69, 9.17) is 37.1 Å². The molecule has 0 radical (unpaired) electrons. The van der Waals surface area contributed by atoms with Crippen LogP contribution in [0.25, 0.3) is 0 Å². The third-order valence-electron chi connectivity index (χ3n) is 8.10. The number of hydrogen-bond acceptors (Lipinski definition) is 11. The predicted molar refractivity (Wildman–Crippen MR) is 153 cm³/mol. The van der Waals surface area contributed by atoms with Crippen molar-refractivity contribution >= 4 is 5.91 Å². The van der Waals surface area contributed by atoms with Crippen molar-refractivity contribution in [3.63, 3.8) is 0 Å². The van der Waals surface area contributed by atoms with E-state index in [0.717, 1.165) is 19.3 Å². The highest BCUT2D eigenvalue weighted by Crippen LogP contribution is 2.28. The van der Waals surface area contributed by atoms with E-state index in [1.807, 2.05) is 0 Å². The summed E-state index contributed by atoms with van der Waals surface area (Å²) in [7, 11) is 0. The van der Waals surface area contributed by atoms with Gasteiger partial charge >= 0.3 is 0 Å². The molecular weight excluding hydrogens is 518 g/mol. The Balaban J connectivity index is 1.70. The average Bonchev–Trinajstić information content (AvgIpc) is 2.93. The van der Waals surface area contributed by atoms with E-state index in [-0.39, 0.29) is 25.5 Å². The van der Waals surface area contributed by atoms with Crippen molar-refractivity contribution in [2.45, 2.75) is 151 Å². The minimum Gasteiger partial charge on any atom is -0.389 e. The lowest BCUT2D eigenvalue weighted by Crippen LogP contribution is -2.68. The van der Waals surface area contributed by atoms with E-state index >= 15 is 0 Å². The van der Waals surface area contributed by atoms with Crippen LogP contribution in [0.5, 0.6) is 0 Å². The van der Waals surface area contributed by atoms with Crippen LogP contribution in [0.15, 0.2) is 0 Å². The highest BCUT2D eigenvalue weighted by atomic mass is 16.7. The van der Waals surface area contributed by atoms with Crippen LogP contribution in [-0.4, -0.2) is 102 Å². The molecule has 1 saturated carbocycles. The number of carbonyl (C=O) groups excluding carboxylic acids is 1. The van der Waals surface area contributed by atoms with Gasteiger partial charge in [0.25, 0.3) is 0 Å². The van der Waals surface area contributed by atoms with Crippen molar-refractivity contribution in [2.75, 3.05) is 19.7 Å². The van der Waals surface area contributed by atoms with Gasteiger partial charge in [0, 0.05) is 25.2 Å². The molecule has 0 aromatic rings. The quantitative estimate of drug-likeness (QED) is 0.0936. The number of aliphatic hydroxyl groups is 3. The van der Waals surface area contributed by atoms with Crippen molar-refractivity contribution in [2.24, 2.45) is 22.9 Å². The maximum absolute atomic E-state index is 12.4. The molecule has 12 nitrogen and oxygen atoms in total. The van der Waals surface area contributed by atoms with Gasteiger partial charge < -0.3 is 57.8 Å². The molecule has 2 aliphatic rings. The zero-order valence-corrected chi connectivity index (χ0v) is 24.4. The molecular formula is C28H57N5O7. The van der Waals surface area contributed by atoms with Gasteiger partial charge in [-0.1, -0.05) is 77.6 Å². The summed E-state index contributed by atoms with van der Waals surface area (Å²) in [5.74, 6) is -0.311. The molecule has 40 heavy (non-hydrogen) atoms. The molecule has 1 saturated heterocycles. The lowest BCUT2D eigenvalue weighted by atomic mass is 9.84. The Morgan fingerprint density at radius 2 is 1.40 bits per heavy atom. The maximum Gasteiger partial charge on any atom is 0.246 e. The van der Waals surface area contributed by atoms with Crippen LogP contribution in [0.1, 0.15) is 90.4 Å². The predicted octanol–water partition coefficient (Wildman–Crippen LogP) is -0.274. The fourth-order valence-corrected chi connectivity index (χ4v) is 5.48. The van der Waals surface area contributed by atoms with Crippen LogP contribution < -0.4 is 28.3 Å². The topological polar surface area (TPSA) is 222 Å². The Morgan fingerprint density at radius 3 is 1.98 bits per heavy atom. The van der Waals surface area contributed by atoms with E-state index in [1.165, 1.54) is 57.8 Å². The largest absolute Gasteiger partial charge is 0.389 e. The van der Waals surface area contributed by atoms with Crippen molar-refractivity contribution < 1.29 is 34.3 Å². The molecule has 0 unspecified atom stereocenters. The summed E-state index contributed by atoms with van der Waals surface area (Å²) in [5.41, 5.74) is 24.0. The summed E-state index contributed by atoms with van der Waals surface area (Å²) in [6, 6.07) is -2.41. The molecule has 1 heterocycles. The summed E-state index contributed by atoms with van der Waals surface area (Å²) >= 11 is 0. The van der Waals surface area contributed by atoms with E-state index in [1.54, 1.807) is 0 Å². The monoisotopic (exact) mass is 575 g/mol. The summed E-state index contributed by atoms with van der Waals surface area (Å²) in [5, 5.41) is 34.0. The molecule has 0 spiro atoms. The molecule has 2 fully saturated rings. The van der Waals surface area contributed by atoms with Crippen molar-refractivity contribution in [3.8, 4) is 0 Å². The van der Waals surface area contributed by atoms with Crippen LogP contribution in [0.2, 0.25) is 0 Å². The molecule has 12 heteroatoms. The first-order valence-electron chi connectivity index (χ1n) is 15.4. The van der Waals surface area contributed by atoms with Gasteiger partial charge in [-0.3, -0.25) is 4.79 Å². The van der Waals surface area contributed by atoms with Crippen molar-refractivity contribution in [1.82, 2.24) is 5.32 Å². The van der Waals surface area contributed by atoms with E-state index < -0.39 is 61.0 Å². The first kappa shape index (κ1) is 35.3. The number of nitrogens with one attached hydrogen (secondary N) is 1. The van der Waals surface area contributed by atoms with Crippen molar-refractivity contribution in [3.05, 3.63) is 0 Å². The van der Waals surface area contributed by atoms with E-state index in [2.05, 4.69) is 12.2 Å². The Hall–Kier alpha value is -0.930. The molecule has 0 bridgehead atoms. The molecule has 1 aliphatic heterocycles. The smallest absolute Gasteiger partial charge is 0.246 e. The molecule has 10 atom stereocenters. The van der Waals surface area contributed by atoms with Gasteiger partial charge in [-0.15, -0.1) is 0 Å². The first-order chi connectivity index (χ1) is 19.2. The second-order valence-electron chi connectivity index (χ2n) is 11.5. The fourth-order valence-electron chi connectivity index (χ4n) is 5.48. The van der Waals surface area contributed by atoms with Gasteiger partial charge in [-0.2, -0.15) is 0 Å². The van der Waals surface area contributed by atoms with Crippen LogP contribution in [0.3, 0.4) is 0 Å². The highest BCUT2D eigenvalue weighted by Gasteiger charge is 2.48. The van der Waals surface area contributed by atoms with Crippen LogP contribution in [-0.2, 0) is 19.0 Å². The summed E-state index contributed by atoms with van der Waals surface area (Å²) in [6.45, 7) is 2.43.